The van der Waals surface area contributed by atoms with Crippen LogP contribution in [0.5, 0.6) is 0 Å². The van der Waals surface area contributed by atoms with Crippen molar-refractivity contribution in [3.05, 3.63) is 53.5 Å². The van der Waals surface area contributed by atoms with E-state index in [1.54, 1.807) is 6.26 Å². The van der Waals surface area contributed by atoms with Gasteiger partial charge in [-0.15, -0.1) is 10.2 Å². The molecule has 0 saturated carbocycles. The van der Waals surface area contributed by atoms with E-state index in [1.165, 1.54) is 11.8 Å². The van der Waals surface area contributed by atoms with Crippen LogP contribution in [0.1, 0.15) is 17.0 Å². The number of benzene rings is 1. The second-order valence-electron chi connectivity index (χ2n) is 6.30. The van der Waals surface area contributed by atoms with Crippen molar-refractivity contribution in [3.63, 3.8) is 0 Å². The van der Waals surface area contributed by atoms with Crippen LogP contribution in [0.25, 0.3) is 16.6 Å². The number of nitrogens with one attached hydrogen (secondary N) is 1. The van der Waals surface area contributed by atoms with Gasteiger partial charge in [-0.05, 0) is 44.0 Å². The molecule has 6 nitrogen and oxygen atoms in total. The van der Waals surface area contributed by atoms with Crippen molar-refractivity contribution in [1.82, 2.24) is 14.6 Å². The third-order valence-corrected chi connectivity index (χ3v) is 5.07. The molecule has 26 heavy (non-hydrogen) atoms. The van der Waals surface area contributed by atoms with E-state index in [4.69, 9.17) is 4.42 Å². The van der Waals surface area contributed by atoms with E-state index >= 15 is 0 Å². The van der Waals surface area contributed by atoms with E-state index in [-0.39, 0.29) is 11.7 Å². The Bertz CT molecular complexity index is 1110. The second kappa shape index (κ2) is 6.49. The van der Waals surface area contributed by atoms with Gasteiger partial charge in [0.15, 0.2) is 5.58 Å². The third-order valence-electron chi connectivity index (χ3n) is 4.10. The molecule has 1 N–H and O–H groups in total. The summed E-state index contributed by atoms with van der Waals surface area (Å²) in [4.78, 5) is 12.3. The number of furan rings is 1. The van der Waals surface area contributed by atoms with Gasteiger partial charge in [0, 0.05) is 17.8 Å². The average molecular weight is 366 g/mol. The summed E-state index contributed by atoms with van der Waals surface area (Å²) in [7, 11) is 0. The Kier molecular flexibility index (Phi) is 4.16. The molecule has 1 aromatic carbocycles. The summed E-state index contributed by atoms with van der Waals surface area (Å²) in [6.07, 6.45) is 1.65. The predicted molar refractivity (Wildman–Crippen MR) is 103 cm³/mol. The van der Waals surface area contributed by atoms with Crippen molar-refractivity contribution in [2.24, 2.45) is 0 Å². The van der Waals surface area contributed by atoms with Crippen LogP contribution in [-0.4, -0.2) is 26.3 Å². The molecule has 0 radical (unpaired) electrons. The van der Waals surface area contributed by atoms with E-state index in [9.17, 15) is 4.79 Å². The minimum absolute atomic E-state index is 0.0734. The van der Waals surface area contributed by atoms with Crippen LogP contribution in [0, 0.1) is 20.8 Å². The lowest BCUT2D eigenvalue weighted by Gasteiger charge is -2.08. The monoisotopic (exact) mass is 366 g/mol. The van der Waals surface area contributed by atoms with Crippen molar-refractivity contribution in [1.29, 1.82) is 0 Å². The van der Waals surface area contributed by atoms with Gasteiger partial charge in [-0.3, -0.25) is 9.20 Å². The van der Waals surface area contributed by atoms with Crippen LogP contribution in [-0.2, 0) is 4.79 Å². The SMILES string of the molecule is Cc1cc(C)cc(NC(=O)CSc2nnc(C)n3c2cc2occc23)c1. The minimum Gasteiger partial charge on any atom is -0.463 e. The van der Waals surface area contributed by atoms with Crippen molar-refractivity contribution in [2.45, 2.75) is 25.8 Å². The standard InChI is InChI=1S/C19H18N4O2S/c1-11-6-12(2)8-14(7-11)20-18(24)10-26-19-16-9-17-15(4-5-25-17)23(16)13(3)21-22-19/h4-9H,10H2,1-3H3,(H,20,24). The first-order valence-corrected chi connectivity index (χ1v) is 9.23. The van der Waals surface area contributed by atoms with Crippen LogP contribution in [0.4, 0.5) is 5.69 Å². The van der Waals surface area contributed by atoms with Crippen molar-refractivity contribution >= 4 is 40.0 Å². The number of hydrogen-bond donors (Lipinski definition) is 1. The Morgan fingerprint density at radius 1 is 1.12 bits per heavy atom. The molecule has 0 aliphatic carbocycles. The first-order valence-electron chi connectivity index (χ1n) is 8.24. The molecule has 3 aromatic heterocycles. The maximum absolute atomic E-state index is 12.3. The lowest BCUT2D eigenvalue weighted by molar-refractivity contribution is -0.113. The Hall–Kier alpha value is -2.80. The number of carbonyl (C=O) groups excluding carboxylic acids is 1. The molecule has 0 saturated heterocycles. The van der Waals surface area contributed by atoms with E-state index in [0.717, 1.165) is 39.3 Å². The predicted octanol–water partition coefficient (Wildman–Crippen LogP) is 4.13. The molecule has 0 aliphatic heterocycles. The van der Waals surface area contributed by atoms with Gasteiger partial charge in [0.25, 0.3) is 0 Å². The highest BCUT2D eigenvalue weighted by atomic mass is 32.2. The van der Waals surface area contributed by atoms with Crippen LogP contribution >= 0.6 is 11.8 Å². The molecule has 0 fully saturated rings. The topological polar surface area (TPSA) is 72.4 Å². The van der Waals surface area contributed by atoms with Crippen molar-refractivity contribution < 1.29 is 9.21 Å². The van der Waals surface area contributed by atoms with Crippen LogP contribution in [0.15, 0.2) is 46.0 Å². The summed E-state index contributed by atoms with van der Waals surface area (Å²) in [6.45, 7) is 5.92. The summed E-state index contributed by atoms with van der Waals surface area (Å²) in [5.74, 6) is 0.962. The first-order chi connectivity index (χ1) is 12.5. The number of amides is 1. The second-order valence-corrected chi connectivity index (χ2v) is 7.26. The molecule has 0 unspecified atom stereocenters. The fourth-order valence-corrected chi connectivity index (χ4v) is 3.86. The normalized spacial score (nSPS) is 11.3. The van der Waals surface area contributed by atoms with E-state index in [1.807, 2.05) is 49.4 Å². The maximum Gasteiger partial charge on any atom is 0.234 e. The molecule has 0 atom stereocenters. The summed E-state index contributed by atoms with van der Waals surface area (Å²) < 4.78 is 7.47. The fraction of sp³-hybridized carbons (Fsp3) is 0.211. The number of rotatable bonds is 4. The molecule has 1 amide bonds. The quantitative estimate of drug-likeness (QED) is 0.550. The summed E-state index contributed by atoms with van der Waals surface area (Å²) >= 11 is 1.36. The summed E-state index contributed by atoms with van der Waals surface area (Å²) in [6, 6.07) is 9.83. The van der Waals surface area contributed by atoms with Crippen molar-refractivity contribution in [2.75, 3.05) is 11.1 Å². The zero-order valence-electron chi connectivity index (χ0n) is 14.7. The molecular weight excluding hydrogens is 348 g/mol. The average Bonchev–Trinajstić information content (AvgIpc) is 3.14. The number of aromatic nitrogens is 3. The molecule has 0 bridgehead atoms. The zero-order chi connectivity index (χ0) is 18.3. The Balaban J connectivity index is 1.54. The van der Waals surface area contributed by atoms with Gasteiger partial charge in [-0.1, -0.05) is 17.8 Å². The summed E-state index contributed by atoms with van der Waals surface area (Å²) in [5, 5.41) is 12.1. The lowest BCUT2D eigenvalue weighted by atomic mass is 10.1. The highest BCUT2D eigenvalue weighted by Gasteiger charge is 2.15. The highest BCUT2D eigenvalue weighted by molar-refractivity contribution is 8.00. The van der Waals surface area contributed by atoms with Gasteiger partial charge >= 0.3 is 0 Å². The van der Waals surface area contributed by atoms with Crippen molar-refractivity contribution in [3.8, 4) is 0 Å². The molecule has 4 aromatic rings. The van der Waals surface area contributed by atoms with E-state index in [0.29, 0.717) is 5.03 Å². The number of carbonyl (C=O) groups is 1. The van der Waals surface area contributed by atoms with E-state index < -0.39 is 0 Å². The number of fused-ring (bicyclic) bond motifs is 3. The van der Waals surface area contributed by atoms with Gasteiger partial charge < -0.3 is 9.73 Å². The summed E-state index contributed by atoms with van der Waals surface area (Å²) in [5.41, 5.74) is 5.69. The zero-order valence-corrected chi connectivity index (χ0v) is 15.6. The van der Waals surface area contributed by atoms with Gasteiger partial charge in [-0.25, -0.2) is 0 Å². The Labute approximate surface area is 154 Å². The number of nitrogens with zero attached hydrogens (tertiary/aromatic N) is 3. The third kappa shape index (κ3) is 3.06. The van der Waals surface area contributed by atoms with Gasteiger partial charge in [0.1, 0.15) is 10.9 Å². The molecule has 132 valence electrons. The fourth-order valence-electron chi connectivity index (χ4n) is 3.13. The van der Waals surface area contributed by atoms with Gasteiger partial charge in [-0.2, -0.15) is 0 Å². The van der Waals surface area contributed by atoms with Gasteiger partial charge in [0.2, 0.25) is 5.91 Å². The molecule has 7 heteroatoms. The number of thioether (sulfide) groups is 1. The lowest BCUT2D eigenvalue weighted by Crippen LogP contribution is -2.14. The molecule has 4 rings (SSSR count). The molecule has 3 heterocycles. The van der Waals surface area contributed by atoms with Gasteiger partial charge in [0.05, 0.1) is 23.0 Å². The Morgan fingerprint density at radius 3 is 2.65 bits per heavy atom. The number of anilines is 1. The largest absolute Gasteiger partial charge is 0.463 e. The maximum atomic E-state index is 12.3. The first kappa shape index (κ1) is 16.7. The Morgan fingerprint density at radius 2 is 1.88 bits per heavy atom. The number of hydrogen-bond acceptors (Lipinski definition) is 5. The van der Waals surface area contributed by atoms with Crippen LogP contribution < -0.4 is 5.32 Å². The van der Waals surface area contributed by atoms with E-state index in [2.05, 4.69) is 21.6 Å². The highest BCUT2D eigenvalue weighted by Crippen LogP contribution is 2.28. The molecule has 0 spiro atoms. The van der Waals surface area contributed by atoms with Crippen LogP contribution in [0.3, 0.4) is 0 Å². The number of aryl methyl sites for hydroxylation is 3. The van der Waals surface area contributed by atoms with Crippen LogP contribution in [0.2, 0.25) is 0 Å². The molecular formula is C19H18N4O2S. The minimum atomic E-state index is -0.0734. The molecule has 0 aliphatic rings. The smallest absolute Gasteiger partial charge is 0.234 e.